The highest BCUT2D eigenvalue weighted by Gasteiger charge is 2.53. The molecule has 0 aliphatic carbocycles. The molecular weight excluding hydrogens is 556 g/mol. The molecule has 2 fully saturated rings. The van der Waals surface area contributed by atoms with Gasteiger partial charge in [0, 0.05) is 41.1 Å². The van der Waals surface area contributed by atoms with Crippen LogP contribution in [0.5, 0.6) is 0 Å². The van der Waals surface area contributed by atoms with E-state index in [1.54, 1.807) is 40.1 Å². The predicted molar refractivity (Wildman–Crippen MR) is 157 cm³/mol. The molecule has 0 saturated carbocycles. The van der Waals surface area contributed by atoms with E-state index < -0.39 is 35.9 Å². The monoisotopic (exact) mass is 582 g/mol. The summed E-state index contributed by atoms with van der Waals surface area (Å²) in [5.41, 5.74) is 3.97. The van der Waals surface area contributed by atoms with E-state index in [0.29, 0.717) is 37.4 Å². The van der Waals surface area contributed by atoms with Gasteiger partial charge in [-0.15, -0.1) is 0 Å². The first-order valence-electron chi connectivity index (χ1n) is 14.0. The number of fused-ring (bicyclic) bond motifs is 4. The van der Waals surface area contributed by atoms with Crippen LogP contribution < -0.4 is 4.90 Å². The van der Waals surface area contributed by atoms with Crippen molar-refractivity contribution in [1.29, 1.82) is 0 Å². The van der Waals surface area contributed by atoms with E-state index in [1.165, 1.54) is 0 Å². The number of amides is 4. The van der Waals surface area contributed by atoms with Gasteiger partial charge < -0.3 is 15.0 Å². The van der Waals surface area contributed by atoms with Gasteiger partial charge in [-0.05, 0) is 54.3 Å². The van der Waals surface area contributed by atoms with Crippen molar-refractivity contribution in [3.8, 4) is 0 Å². The number of aliphatic carboxylic acids is 1. The number of hydrogen-bond acceptors (Lipinski definition) is 4. The number of carboxylic acid groups (broad SMARTS) is 1. The van der Waals surface area contributed by atoms with Crippen LogP contribution in [0.2, 0.25) is 5.02 Å². The summed E-state index contributed by atoms with van der Waals surface area (Å²) in [5.74, 6) is -2.08. The third-order valence-electron chi connectivity index (χ3n) is 8.72. The van der Waals surface area contributed by atoms with Gasteiger partial charge >= 0.3 is 12.0 Å². The maximum atomic E-state index is 14.3. The van der Waals surface area contributed by atoms with Crippen LogP contribution in [0.15, 0.2) is 72.8 Å². The van der Waals surface area contributed by atoms with Gasteiger partial charge in [0.05, 0.1) is 17.2 Å². The van der Waals surface area contributed by atoms with Crippen molar-refractivity contribution in [2.75, 3.05) is 18.0 Å². The number of aromatic nitrogens is 1. The van der Waals surface area contributed by atoms with Crippen molar-refractivity contribution >= 4 is 52.0 Å². The van der Waals surface area contributed by atoms with Crippen LogP contribution in [-0.4, -0.2) is 62.8 Å². The molecule has 0 bridgehead atoms. The lowest BCUT2D eigenvalue weighted by Crippen LogP contribution is -2.44. The topological polar surface area (TPSA) is 114 Å². The molecule has 0 radical (unpaired) electrons. The summed E-state index contributed by atoms with van der Waals surface area (Å²) in [6.45, 7) is 0.582. The first kappa shape index (κ1) is 26.3. The summed E-state index contributed by atoms with van der Waals surface area (Å²) < 4.78 is 0. The number of nitrogens with one attached hydrogen (secondary N) is 1. The van der Waals surface area contributed by atoms with Gasteiger partial charge in [-0.25, -0.2) is 9.69 Å². The Kier molecular flexibility index (Phi) is 6.27. The molecule has 7 rings (SSSR count). The summed E-state index contributed by atoms with van der Waals surface area (Å²) in [7, 11) is 0. The molecule has 1 aromatic heterocycles. The summed E-state index contributed by atoms with van der Waals surface area (Å²) in [4.78, 5) is 61.4. The molecule has 2 saturated heterocycles. The summed E-state index contributed by atoms with van der Waals surface area (Å²) in [6.07, 6.45) is 1.04. The number of carbonyl (C=O) groups is 4. The fraction of sp³-hybridized carbons (Fsp3) is 0.250. The van der Waals surface area contributed by atoms with Crippen LogP contribution in [0, 0.1) is 5.92 Å². The number of nitrogens with zero attached hydrogens (tertiary/aromatic N) is 3. The quantitative estimate of drug-likeness (QED) is 0.319. The molecule has 2 N–H and O–H groups in total. The SMILES string of the molecule is O=C(O)C1CCN(C(=O)c2ccccc2N2C(=O)[C@@H]3Cc4c([nH]c5ccccc45)C(c4cccc(Cl)c4)N3C2=O)CC1. The Labute approximate surface area is 246 Å². The number of carboxylic acids is 1. The van der Waals surface area contributed by atoms with E-state index in [9.17, 15) is 24.3 Å². The smallest absolute Gasteiger partial charge is 0.332 e. The number of likely N-dealkylation sites (tertiary alicyclic amines) is 1. The average molecular weight is 583 g/mol. The minimum absolute atomic E-state index is 0.227. The molecule has 4 amide bonds. The van der Waals surface area contributed by atoms with Crippen LogP contribution >= 0.6 is 11.6 Å². The average Bonchev–Trinajstić information content (AvgIpc) is 3.49. The Morgan fingerprint density at radius 2 is 1.67 bits per heavy atom. The maximum Gasteiger partial charge on any atom is 0.332 e. The van der Waals surface area contributed by atoms with E-state index in [4.69, 9.17) is 11.6 Å². The number of aromatic amines is 1. The van der Waals surface area contributed by atoms with E-state index >= 15 is 0 Å². The van der Waals surface area contributed by atoms with E-state index in [-0.39, 0.29) is 17.2 Å². The van der Waals surface area contributed by atoms with Crippen LogP contribution in [0.4, 0.5) is 10.5 Å². The number of imide groups is 1. The number of benzene rings is 3. The molecule has 4 aromatic rings. The second-order valence-electron chi connectivity index (χ2n) is 11.0. The number of piperidine rings is 1. The van der Waals surface area contributed by atoms with Gasteiger partial charge in [0.25, 0.3) is 11.8 Å². The Balaban J connectivity index is 1.29. The zero-order valence-electron chi connectivity index (χ0n) is 22.5. The van der Waals surface area contributed by atoms with E-state index in [2.05, 4.69) is 4.98 Å². The number of carbonyl (C=O) groups excluding carboxylic acids is 3. The van der Waals surface area contributed by atoms with Gasteiger partial charge in [0.1, 0.15) is 12.1 Å². The Hall–Kier alpha value is -4.63. The Morgan fingerprint density at radius 1 is 0.929 bits per heavy atom. The number of urea groups is 1. The van der Waals surface area contributed by atoms with Crippen LogP contribution in [0.1, 0.15) is 46.1 Å². The number of rotatable bonds is 4. The maximum absolute atomic E-state index is 14.3. The Bertz CT molecular complexity index is 1780. The van der Waals surface area contributed by atoms with Crippen molar-refractivity contribution in [2.24, 2.45) is 5.92 Å². The molecule has 3 aliphatic heterocycles. The van der Waals surface area contributed by atoms with Crippen LogP contribution in [-0.2, 0) is 16.0 Å². The number of hydrogen-bond donors (Lipinski definition) is 2. The summed E-state index contributed by atoms with van der Waals surface area (Å²) in [5, 5.41) is 10.9. The molecule has 0 spiro atoms. The highest BCUT2D eigenvalue weighted by Crippen LogP contribution is 2.45. The zero-order chi connectivity index (χ0) is 29.1. The molecule has 9 nitrogen and oxygen atoms in total. The summed E-state index contributed by atoms with van der Waals surface area (Å²) >= 11 is 6.39. The second kappa shape index (κ2) is 10.0. The molecule has 42 heavy (non-hydrogen) atoms. The van der Waals surface area contributed by atoms with Gasteiger partial charge in [0.15, 0.2) is 0 Å². The van der Waals surface area contributed by atoms with Crippen LogP contribution in [0.25, 0.3) is 10.9 Å². The lowest BCUT2D eigenvalue weighted by Gasteiger charge is -2.36. The van der Waals surface area contributed by atoms with Crippen molar-refractivity contribution in [1.82, 2.24) is 14.8 Å². The lowest BCUT2D eigenvalue weighted by molar-refractivity contribution is -0.143. The molecule has 3 aromatic carbocycles. The number of halogens is 1. The Morgan fingerprint density at radius 3 is 2.43 bits per heavy atom. The molecule has 3 aliphatic rings. The van der Waals surface area contributed by atoms with Crippen molar-refractivity contribution in [3.63, 3.8) is 0 Å². The molecule has 2 atom stereocenters. The molecule has 212 valence electrons. The third kappa shape index (κ3) is 4.07. The van der Waals surface area contributed by atoms with E-state index in [0.717, 1.165) is 32.6 Å². The van der Waals surface area contributed by atoms with Gasteiger partial charge in [0.2, 0.25) is 0 Å². The number of H-pyrrole nitrogens is 1. The fourth-order valence-corrected chi connectivity index (χ4v) is 6.87. The van der Waals surface area contributed by atoms with Gasteiger partial charge in [-0.2, -0.15) is 0 Å². The third-order valence-corrected chi connectivity index (χ3v) is 8.96. The van der Waals surface area contributed by atoms with Crippen molar-refractivity contribution < 1.29 is 24.3 Å². The highest BCUT2D eigenvalue weighted by atomic mass is 35.5. The van der Waals surface area contributed by atoms with Crippen molar-refractivity contribution in [3.05, 3.63) is 100 Å². The van der Waals surface area contributed by atoms with Crippen molar-refractivity contribution in [2.45, 2.75) is 31.3 Å². The van der Waals surface area contributed by atoms with E-state index in [1.807, 2.05) is 42.5 Å². The molecule has 10 heteroatoms. The number of anilines is 1. The lowest BCUT2D eigenvalue weighted by atomic mass is 9.89. The highest BCUT2D eigenvalue weighted by molar-refractivity contribution is 6.30. The normalized spacial score (nSPS) is 20.6. The van der Waals surface area contributed by atoms with Crippen LogP contribution in [0.3, 0.4) is 0 Å². The number of para-hydroxylation sites is 2. The molecule has 1 unspecified atom stereocenters. The standard InChI is InChI=1S/C32H27ClN4O5/c33-20-7-5-6-19(16-20)28-27-23(21-8-1-3-10-24(21)34-27)17-26-30(39)37(32(42)36(26)28)25-11-4-2-9-22(25)29(38)35-14-12-18(13-15-35)31(40)41/h1-11,16,18,26,28,34H,12-15,17H2,(H,40,41)/t26-,28?/m0/s1. The zero-order valence-corrected chi connectivity index (χ0v) is 23.3. The molecule has 4 heterocycles. The van der Waals surface area contributed by atoms with Gasteiger partial charge in [-0.1, -0.05) is 54.1 Å². The second-order valence-corrected chi connectivity index (χ2v) is 11.5. The minimum atomic E-state index is -0.862. The first-order valence-corrected chi connectivity index (χ1v) is 14.3. The van der Waals surface area contributed by atoms with Gasteiger partial charge in [-0.3, -0.25) is 19.3 Å². The predicted octanol–water partition coefficient (Wildman–Crippen LogP) is 5.24. The largest absolute Gasteiger partial charge is 0.481 e. The summed E-state index contributed by atoms with van der Waals surface area (Å²) in [6, 6.07) is 19.9. The minimum Gasteiger partial charge on any atom is -0.481 e. The fourth-order valence-electron chi connectivity index (χ4n) is 6.67. The molecular formula is C32H27ClN4O5. The first-order chi connectivity index (χ1) is 20.3.